The first kappa shape index (κ1) is 15.0. The SMILES string of the molecule is CCCCN(CC)c1cc(C)cc(S(=O)(=O)O)c1. The number of nitrogens with zero attached hydrogens (tertiary/aromatic N) is 1. The summed E-state index contributed by atoms with van der Waals surface area (Å²) in [5.74, 6) is 0. The highest BCUT2D eigenvalue weighted by Crippen LogP contribution is 2.22. The van der Waals surface area contributed by atoms with E-state index in [9.17, 15) is 8.42 Å². The second-order valence-corrected chi connectivity index (χ2v) is 5.83. The topological polar surface area (TPSA) is 57.6 Å². The van der Waals surface area contributed by atoms with Gasteiger partial charge in [0.1, 0.15) is 0 Å². The summed E-state index contributed by atoms with van der Waals surface area (Å²) in [6, 6.07) is 4.95. The van der Waals surface area contributed by atoms with Crippen LogP contribution in [0.15, 0.2) is 23.1 Å². The van der Waals surface area contributed by atoms with Gasteiger partial charge in [0.05, 0.1) is 4.90 Å². The number of aryl methyl sites for hydroxylation is 1. The molecule has 0 unspecified atom stereocenters. The molecule has 102 valence electrons. The summed E-state index contributed by atoms with van der Waals surface area (Å²) in [5.41, 5.74) is 1.67. The molecule has 0 bridgehead atoms. The van der Waals surface area contributed by atoms with Crippen molar-refractivity contribution >= 4 is 15.8 Å². The molecule has 1 rings (SSSR count). The lowest BCUT2D eigenvalue weighted by Crippen LogP contribution is -2.24. The van der Waals surface area contributed by atoms with Crippen molar-refractivity contribution in [2.24, 2.45) is 0 Å². The number of unbranched alkanes of at least 4 members (excludes halogenated alkanes) is 1. The van der Waals surface area contributed by atoms with Crippen LogP contribution in [-0.2, 0) is 10.1 Å². The fraction of sp³-hybridized carbons (Fsp3) is 0.538. The molecule has 0 heterocycles. The minimum atomic E-state index is -4.14. The minimum absolute atomic E-state index is 0.0348. The molecular weight excluding hydrogens is 250 g/mol. The zero-order chi connectivity index (χ0) is 13.8. The molecule has 0 aliphatic heterocycles. The van der Waals surface area contributed by atoms with Gasteiger partial charge in [0.25, 0.3) is 10.1 Å². The quantitative estimate of drug-likeness (QED) is 0.808. The molecular formula is C13H21NO3S. The van der Waals surface area contributed by atoms with Gasteiger partial charge in [-0.1, -0.05) is 13.3 Å². The fourth-order valence-corrected chi connectivity index (χ4v) is 2.48. The van der Waals surface area contributed by atoms with Gasteiger partial charge < -0.3 is 4.90 Å². The molecule has 5 heteroatoms. The zero-order valence-electron chi connectivity index (χ0n) is 11.2. The molecule has 0 saturated heterocycles. The van der Waals surface area contributed by atoms with E-state index >= 15 is 0 Å². The van der Waals surface area contributed by atoms with Gasteiger partial charge in [-0.05, 0) is 44.0 Å². The third kappa shape index (κ3) is 3.99. The number of benzene rings is 1. The summed E-state index contributed by atoms with van der Waals surface area (Å²) in [6.07, 6.45) is 2.15. The maximum Gasteiger partial charge on any atom is 0.294 e. The standard InChI is InChI=1S/C13H21NO3S/c1-4-6-7-14(5-2)12-8-11(3)9-13(10-12)18(15,16)17/h8-10H,4-7H2,1-3H3,(H,15,16,17). The van der Waals surface area contributed by atoms with Crippen molar-refractivity contribution in [3.8, 4) is 0 Å². The maximum atomic E-state index is 11.2. The van der Waals surface area contributed by atoms with Crippen LogP contribution >= 0.6 is 0 Å². The Labute approximate surface area is 109 Å². The monoisotopic (exact) mass is 271 g/mol. The highest BCUT2D eigenvalue weighted by atomic mass is 32.2. The van der Waals surface area contributed by atoms with Gasteiger partial charge in [0.2, 0.25) is 0 Å². The van der Waals surface area contributed by atoms with Crippen LogP contribution in [0.4, 0.5) is 5.69 Å². The summed E-state index contributed by atoms with van der Waals surface area (Å²) in [6.45, 7) is 7.68. The van der Waals surface area contributed by atoms with Gasteiger partial charge in [0.15, 0.2) is 0 Å². The third-order valence-corrected chi connectivity index (χ3v) is 3.69. The molecule has 0 aliphatic carbocycles. The molecule has 0 atom stereocenters. The molecule has 0 aliphatic rings. The average molecular weight is 271 g/mol. The predicted molar refractivity (Wildman–Crippen MR) is 73.8 cm³/mol. The van der Waals surface area contributed by atoms with Crippen LogP contribution in [0.1, 0.15) is 32.3 Å². The van der Waals surface area contributed by atoms with Crippen LogP contribution in [0.2, 0.25) is 0 Å². The van der Waals surface area contributed by atoms with Crippen molar-refractivity contribution < 1.29 is 13.0 Å². The minimum Gasteiger partial charge on any atom is -0.372 e. The summed E-state index contributed by atoms with van der Waals surface area (Å²) in [4.78, 5) is 2.08. The predicted octanol–water partition coefficient (Wildman–Crippen LogP) is 2.87. The van der Waals surface area contributed by atoms with Gasteiger partial charge >= 0.3 is 0 Å². The molecule has 18 heavy (non-hydrogen) atoms. The molecule has 0 aromatic heterocycles. The number of rotatable bonds is 6. The van der Waals surface area contributed by atoms with Gasteiger partial charge in [0, 0.05) is 18.8 Å². The Bertz CT molecular complexity index is 497. The maximum absolute atomic E-state index is 11.2. The van der Waals surface area contributed by atoms with Crippen molar-refractivity contribution in [1.29, 1.82) is 0 Å². The third-order valence-electron chi connectivity index (χ3n) is 2.86. The Hall–Kier alpha value is -1.07. The van der Waals surface area contributed by atoms with Gasteiger partial charge in [-0.3, -0.25) is 4.55 Å². The summed E-state index contributed by atoms with van der Waals surface area (Å²) < 4.78 is 31.5. The molecule has 0 radical (unpaired) electrons. The lowest BCUT2D eigenvalue weighted by atomic mass is 10.2. The lowest BCUT2D eigenvalue weighted by Gasteiger charge is -2.23. The molecule has 4 nitrogen and oxygen atoms in total. The summed E-state index contributed by atoms with van der Waals surface area (Å²) >= 11 is 0. The number of anilines is 1. The first-order valence-corrected chi connectivity index (χ1v) is 7.66. The Morgan fingerprint density at radius 3 is 2.39 bits per heavy atom. The molecule has 0 amide bonds. The molecule has 1 aromatic carbocycles. The number of hydrogen-bond acceptors (Lipinski definition) is 3. The second kappa shape index (κ2) is 6.20. The van der Waals surface area contributed by atoms with Crippen LogP contribution in [0, 0.1) is 6.92 Å². The highest BCUT2D eigenvalue weighted by molar-refractivity contribution is 7.85. The highest BCUT2D eigenvalue weighted by Gasteiger charge is 2.13. The number of hydrogen-bond donors (Lipinski definition) is 1. The Morgan fingerprint density at radius 2 is 1.89 bits per heavy atom. The lowest BCUT2D eigenvalue weighted by molar-refractivity contribution is 0.483. The normalized spacial score (nSPS) is 11.6. The average Bonchev–Trinajstić information content (AvgIpc) is 2.28. The van der Waals surface area contributed by atoms with Crippen LogP contribution in [0.25, 0.3) is 0 Å². The zero-order valence-corrected chi connectivity index (χ0v) is 12.0. The fourth-order valence-electron chi connectivity index (χ4n) is 1.88. The van der Waals surface area contributed by atoms with E-state index in [-0.39, 0.29) is 4.90 Å². The van der Waals surface area contributed by atoms with E-state index in [0.29, 0.717) is 0 Å². The first-order valence-electron chi connectivity index (χ1n) is 6.22. The van der Waals surface area contributed by atoms with E-state index in [4.69, 9.17) is 4.55 Å². The van der Waals surface area contributed by atoms with E-state index in [2.05, 4.69) is 11.8 Å². The summed E-state index contributed by atoms with van der Waals surface area (Å²) in [7, 11) is -4.14. The van der Waals surface area contributed by atoms with Crippen molar-refractivity contribution in [3.63, 3.8) is 0 Å². The van der Waals surface area contributed by atoms with Gasteiger partial charge in [-0.2, -0.15) is 8.42 Å². The second-order valence-electron chi connectivity index (χ2n) is 4.41. The summed E-state index contributed by atoms with van der Waals surface area (Å²) in [5, 5.41) is 0. The molecule has 0 saturated carbocycles. The largest absolute Gasteiger partial charge is 0.372 e. The van der Waals surface area contributed by atoms with Crippen LogP contribution in [0.5, 0.6) is 0 Å². The van der Waals surface area contributed by atoms with Crippen molar-refractivity contribution in [3.05, 3.63) is 23.8 Å². The molecule has 1 N–H and O–H groups in total. The van der Waals surface area contributed by atoms with Gasteiger partial charge in [-0.25, -0.2) is 0 Å². The van der Waals surface area contributed by atoms with Crippen LogP contribution in [-0.4, -0.2) is 26.1 Å². The van der Waals surface area contributed by atoms with Crippen molar-refractivity contribution in [1.82, 2.24) is 0 Å². The van der Waals surface area contributed by atoms with E-state index < -0.39 is 10.1 Å². The Morgan fingerprint density at radius 1 is 1.22 bits per heavy atom. The van der Waals surface area contributed by atoms with Crippen molar-refractivity contribution in [2.75, 3.05) is 18.0 Å². The smallest absolute Gasteiger partial charge is 0.294 e. The van der Waals surface area contributed by atoms with E-state index in [0.717, 1.165) is 37.2 Å². The van der Waals surface area contributed by atoms with E-state index in [1.54, 1.807) is 0 Å². The van der Waals surface area contributed by atoms with Crippen LogP contribution < -0.4 is 4.90 Å². The molecule has 0 spiro atoms. The van der Waals surface area contributed by atoms with E-state index in [1.807, 2.05) is 19.9 Å². The van der Waals surface area contributed by atoms with Gasteiger partial charge in [-0.15, -0.1) is 0 Å². The molecule has 0 fully saturated rings. The van der Waals surface area contributed by atoms with Crippen molar-refractivity contribution in [2.45, 2.75) is 38.5 Å². The molecule has 1 aromatic rings. The Balaban J connectivity index is 3.11. The first-order chi connectivity index (χ1) is 8.38. The van der Waals surface area contributed by atoms with E-state index in [1.165, 1.54) is 12.1 Å². The Kier molecular flexibility index (Phi) is 5.16. The van der Waals surface area contributed by atoms with Crippen LogP contribution in [0.3, 0.4) is 0 Å².